The Hall–Kier alpha value is -1.59. The van der Waals surface area contributed by atoms with E-state index in [-0.39, 0.29) is 11.8 Å². The molecule has 0 bridgehead atoms. The van der Waals surface area contributed by atoms with Gasteiger partial charge in [0.1, 0.15) is 5.54 Å². The summed E-state index contributed by atoms with van der Waals surface area (Å²) in [6, 6.07) is 0. The summed E-state index contributed by atoms with van der Waals surface area (Å²) in [6.45, 7) is 8.13. The molecule has 1 saturated heterocycles. The van der Waals surface area contributed by atoms with Crippen molar-refractivity contribution in [3.05, 3.63) is 0 Å². The summed E-state index contributed by atoms with van der Waals surface area (Å²) >= 11 is 0. The van der Waals surface area contributed by atoms with Crippen LogP contribution in [0.4, 0.5) is 0 Å². The smallest absolute Gasteiger partial charge is 0.257 e. The van der Waals surface area contributed by atoms with E-state index in [1.165, 1.54) is 0 Å². The number of unbranched alkanes of at least 4 members (excludes halogenated alkanes) is 2. The molecule has 2 N–H and O–H groups in total. The van der Waals surface area contributed by atoms with Crippen LogP contribution >= 0.6 is 0 Å². The van der Waals surface area contributed by atoms with Crippen molar-refractivity contribution < 1.29 is 9.59 Å². The molecule has 2 aliphatic rings. The molecule has 0 saturated carbocycles. The van der Waals surface area contributed by atoms with Crippen molar-refractivity contribution >= 4 is 17.8 Å². The predicted molar refractivity (Wildman–Crippen MR) is 100 cm³/mol. The molecule has 6 nitrogen and oxygen atoms in total. The standard InChI is InChI=1S/C19H34N4O2/c1-4-6-10-19(11-7-5-2)17(25)23(18(20)21-19)13-9-16-8-12-22(14-16)15(3)24/h16H,4-14H2,1-3H3,(H2,20,21). The lowest BCUT2D eigenvalue weighted by molar-refractivity contribution is -0.132. The van der Waals surface area contributed by atoms with Crippen molar-refractivity contribution in [1.82, 2.24) is 9.80 Å². The van der Waals surface area contributed by atoms with Crippen LogP contribution in [0.15, 0.2) is 4.99 Å². The molecule has 1 unspecified atom stereocenters. The molecule has 0 spiro atoms. The van der Waals surface area contributed by atoms with Crippen molar-refractivity contribution in [1.29, 1.82) is 0 Å². The van der Waals surface area contributed by atoms with Crippen molar-refractivity contribution in [2.24, 2.45) is 16.6 Å². The maximum atomic E-state index is 13.1. The van der Waals surface area contributed by atoms with Crippen LogP contribution in [-0.4, -0.2) is 52.7 Å². The average molecular weight is 351 g/mol. The average Bonchev–Trinajstić information content (AvgIpc) is 3.14. The van der Waals surface area contributed by atoms with E-state index in [4.69, 9.17) is 5.73 Å². The Balaban J connectivity index is 1.96. The Labute approximate surface area is 151 Å². The van der Waals surface area contributed by atoms with Crippen LogP contribution in [0.2, 0.25) is 0 Å². The number of nitrogens with zero attached hydrogens (tertiary/aromatic N) is 3. The highest BCUT2D eigenvalue weighted by Gasteiger charge is 2.46. The first-order valence-electron chi connectivity index (χ1n) is 9.86. The molecule has 2 rings (SSSR count). The van der Waals surface area contributed by atoms with Gasteiger partial charge in [0.25, 0.3) is 5.91 Å². The van der Waals surface area contributed by atoms with E-state index in [1.807, 2.05) is 4.90 Å². The van der Waals surface area contributed by atoms with Gasteiger partial charge in [0.2, 0.25) is 5.91 Å². The van der Waals surface area contributed by atoms with Crippen LogP contribution in [0.25, 0.3) is 0 Å². The maximum Gasteiger partial charge on any atom is 0.257 e. The summed E-state index contributed by atoms with van der Waals surface area (Å²) in [4.78, 5) is 32.8. The first-order valence-corrected chi connectivity index (χ1v) is 9.86. The molecular formula is C19H34N4O2. The molecule has 0 aliphatic carbocycles. The van der Waals surface area contributed by atoms with E-state index < -0.39 is 5.54 Å². The first kappa shape index (κ1) is 19.7. The summed E-state index contributed by atoms with van der Waals surface area (Å²) in [5, 5.41) is 0. The lowest BCUT2D eigenvalue weighted by Gasteiger charge is -2.26. The summed E-state index contributed by atoms with van der Waals surface area (Å²) in [6.07, 6.45) is 7.58. The van der Waals surface area contributed by atoms with E-state index >= 15 is 0 Å². The van der Waals surface area contributed by atoms with Crippen LogP contribution < -0.4 is 5.73 Å². The van der Waals surface area contributed by atoms with E-state index in [2.05, 4.69) is 18.8 Å². The third kappa shape index (κ3) is 4.53. The Morgan fingerprint density at radius 2 is 1.92 bits per heavy atom. The lowest BCUT2D eigenvalue weighted by Crippen LogP contribution is -2.45. The van der Waals surface area contributed by atoms with Gasteiger partial charge in [-0.2, -0.15) is 0 Å². The molecule has 0 aromatic heterocycles. The monoisotopic (exact) mass is 350 g/mol. The molecule has 1 fully saturated rings. The van der Waals surface area contributed by atoms with E-state index in [1.54, 1.807) is 11.8 Å². The molecular weight excluding hydrogens is 316 g/mol. The minimum Gasteiger partial charge on any atom is -0.369 e. The van der Waals surface area contributed by atoms with Gasteiger partial charge in [-0.1, -0.05) is 39.5 Å². The molecule has 142 valence electrons. The zero-order valence-corrected chi connectivity index (χ0v) is 16.1. The van der Waals surface area contributed by atoms with E-state index in [0.29, 0.717) is 18.4 Å². The summed E-state index contributed by atoms with van der Waals surface area (Å²) in [5.74, 6) is 1.07. The van der Waals surface area contributed by atoms with Gasteiger partial charge in [-0.25, -0.2) is 4.99 Å². The second-order valence-electron chi connectivity index (χ2n) is 7.57. The predicted octanol–water partition coefficient (Wildman–Crippen LogP) is 2.52. The molecule has 0 radical (unpaired) electrons. The third-order valence-corrected chi connectivity index (χ3v) is 5.63. The minimum absolute atomic E-state index is 0.0910. The molecule has 2 aliphatic heterocycles. The van der Waals surface area contributed by atoms with Crippen LogP contribution in [0, 0.1) is 5.92 Å². The van der Waals surface area contributed by atoms with Crippen LogP contribution in [0.5, 0.6) is 0 Å². The largest absolute Gasteiger partial charge is 0.369 e. The van der Waals surface area contributed by atoms with Gasteiger partial charge in [-0.15, -0.1) is 0 Å². The van der Waals surface area contributed by atoms with E-state index in [0.717, 1.165) is 64.5 Å². The third-order valence-electron chi connectivity index (χ3n) is 5.63. The number of guanidine groups is 1. The summed E-state index contributed by atoms with van der Waals surface area (Å²) in [5.41, 5.74) is 5.51. The second-order valence-corrected chi connectivity index (χ2v) is 7.57. The topological polar surface area (TPSA) is 79.0 Å². The van der Waals surface area contributed by atoms with Gasteiger partial charge in [-0.3, -0.25) is 14.5 Å². The van der Waals surface area contributed by atoms with Gasteiger partial charge >= 0.3 is 0 Å². The number of likely N-dealkylation sites (tertiary alicyclic amines) is 1. The summed E-state index contributed by atoms with van der Waals surface area (Å²) in [7, 11) is 0. The molecule has 1 atom stereocenters. The Morgan fingerprint density at radius 1 is 1.28 bits per heavy atom. The maximum absolute atomic E-state index is 13.1. The van der Waals surface area contributed by atoms with Gasteiger partial charge in [0.15, 0.2) is 5.96 Å². The number of aliphatic imine (C=N–C) groups is 1. The molecule has 6 heteroatoms. The second kappa shape index (κ2) is 8.68. The van der Waals surface area contributed by atoms with Gasteiger partial charge in [-0.05, 0) is 31.6 Å². The number of rotatable bonds is 9. The lowest BCUT2D eigenvalue weighted by atomic mass is 9.87. The van der Waals surface area contributed by atoms with Crippen LogP contribution in [0.3, 0.4) is 0 Å². The van der Waals surface area contributed by atoms with Crippen LogP contribution in [0.1, 0.15) is 72.1 Å². The Kier molecular flexibility index (Phi) is 6.85. The zero-order chi connectivity index (χ0) is 18.4. The van der Waals surface area contributed by atoms with Crippen molar-refractivity contribution in [3.63, 3.8) is 0 Å². The fourth-order valence-electron chi connectivity index (χ4n) is 3.95. The Morgan fingerprint density at radius 3 is 2.44 bits per heavy atom. The quantitative estimate of drug-likeness (QED) is 0.694. The number of carbonyl (C=O) groups excluding carboxylic acids is 2. The molecule has 0 aromatic carbocycles. The number of hydrogen-bond donors (Lipinski definition) is 1. The molecule has 0 aromatic rings. The van der Waals surface area contributed by atoms with E-state index in [9.17, 15) is 9.59 Å². The Bertz CT molecular complexity index is 510. The number of amides is 2. The number of carbonyl (C=O) groups is 2. The molecule has 2 amide bonds. The molecule has 2 heterocycles. The molecule has 25 heavy (non-hydrogen) atoms. The SMILES string of the molecule is CCCCC1(CCCC)N=C(N)N(CCC2CCN(C(C)=O)C2)C1=O. The highest BCUT2D eigenvalue weighted by Crippen LogP contribution is 2.33. The summed E-state index contributed by atoms with van der Waals surface area (Å²) < 4.78 is 0. The van der Waals surface area contributed by atoms with Gasteiger partial charge < -0.3 is 10.6 Å². The van der Waals surface area contributed by atoms with Crippen molar-refractivity contribution in [3.8, 4) is 0 Å². The number of hydrogen-bond acceptors (Lipinski definition) is 4. The minimum atomic E-state index is -0.628. The highest BCUT2D eigenvalue weighted by atomic mass is 16.2. The zero-order valence-electron chi connectivity index (χ0n) is 16.1. The fraction of sp³-hybridized carbons (Fsp3) is 0.842. The highest BCUT2D eigenvalue weighted by molar-refractivity contribution is 6.06. The fourth-order valence-corrected chi connectivity index (χ4v) is 3.95. The van der Waals surface area contributed by atoms with Gasteiger partial charge in [0.05, 0.1) is 0 Å². The number of nitrogens with two attached hydrogens (primary N) is 1. The first-order chi connectivity index (χ1) is 11.9. The van der Waals surface area contributed by atoms with Crippen LogP contribution in [-0.2, 0) is 9.59 Å². The van der Waals surface area contributed by atoms with Crippen molar-refractivity contribution in [2.45, 2.75) is 77.7 Å². The van der Waals surface area contributed by atoms with Crippen molar-refractivity contribution in [2.75, 3.05) is 19.6 Å². The van der Waals surface area contributed by atoms with Gasteiger partial charge in [0, 0.05) is 26.6 Å². The normalized spacial score (nSPS) is 22.6.